The summed E-state index contributed by atoms with van der Waals surface area (Å²) in [6.07, 6.45) is 1.24. The number of hydrogen-bond acceptors (Lipinski definition) is 6. The minimum Gasteiger partial charge on any atom is -0.473 e. The molecule has 2 rings (SSSR count). The van der Waals surface area contributed by atoms with E-state index in [0.717, 1.165) is 16.8 Å². The standard InChI is InChI=1S/C14H16N4O3/c1-4-21-14-12(18(19)20)13(15-8-16-14)17-11-6-9(2)5-10(3)7-11/h5-8H,4H2,1-3H3,(H,15,16,17). The highest BCUT2D eigenvalue weighted by Gasteiger charge is 2.24. The van der Waals surface area contributed by atoms with E-state index < -0.39 is 4.92 Å². The van der Waals surface area contributed by atoms with E-state index in [1.807, 2.05) is 32.0 Å². The molecule has 110 valence electrons. The average molecular weight is 288 g/mol. The molecule has 0 spiro atoms. The summed E-state index contributed by atoms with van der Waals surface area (Å²) in [5.41, 5.74) is 2.58. The Morgan fingerprint density at radius 1 is 1.24 bits per heavy atom. The Balaban J connectivity index is 2.43. The summed E-state index contributed by atoms with van der Waals surface area (Å²) < 4.78 is 5.19. The molecule has 0 unspecified atom stereocenters. The fraction of sp³-hybridized carbons (Fsp3) is 0.286. The van der Waals surface area contributed by atoms with Crippen LogP contribution in [0.3, 0.4) is 0 Å². The van der Waals surface area contributed by atoms with Gasteiger partial charge in [-0.15, -0.1) is 0 Å². The Morgan fingerprint density at radius 2 is 1.90 bits per heavy atom. The predicted molar refractivity (Wildman–Crippen MR) is 79.1 cm³/mol. The number of rotatable bonds is 5. The van der Waals surface area contributed by atoms with Crippen molar-refractivity contribution in [3.8, 4) is 5.88 Å². The van der Waals surface area contributed by atoms with Crippen molar-refractivity contribution >= 4 is 17.2 Å². The first-order valence-electron chi connectivity index (χ1n) is 6.48. The van der Waals surface area contributed by atoms with Gasteiger partial charge in [-0.1, -0.05) is 6.07 Å². The van der Waals surface area contributed by atoms with E-state index in [0.29, 0.717) is 6.61 Å². The quantitative estimate of drug-likeness (QED) is 0.671. The molecular formula is C14H16N4O3. The maximum Gasteiger partial charge on any atom is 0.373 e. The lowest BCUT2D eigenvalue weighted by Gasteiger charge is -2.10. The first-order valence-corrected chi connectivity index (χ1v) is 6.48. The van der Waals surface area contributed by atoms with Gasteiger partial charge >= 0.3 is 5.69 Å². The normalized spacial score (nSPS) is 10.2. The molecule has 1 N–H and O–H groups in total. The molecule has 7 heteroatoms. The van der Waals surface area contributed by atoms with Crippen molar-refractivity contribution in [2.75, 3.05) is 11.9 Å². The van der Waals surface area contributed by atoms with Crippen LogP contribution in [0.1, 0.15) is 18.1 Å². The van der Waals surface area contributed by atoms with Crippen LogP contribution in [0.25, 0.3) is 0 Å². The monoisotopic (exact) mass is 288 g/mol. The van der Waals surface area contributed by atoms with E-state index in [2.05, 4.69) is 15.3 Å². The topological polar surface area (TPSA) is 90.2 Å². The summed E-state index contributed by atoms with van der Waals surface area (Å²) in [5.74, 6) is 0.0767. The molecule has 0 aliphatic carbocycles. The number of nitrogens with zero attached hydrogens (tertiary/aromatic N) is 3. The Hall–Kier alpha value is -2.70. The van der Waals surface area contributed by atoms with Crippen LogP contribution in [0.4, 0.5) is 17.2 Å². The van der Waals surface area contributed by atoms with Gasteiger partial charge in [0.1, 0.15) is 6.33 Å². The highest BCUT2D eigenvalue weighted by Crippen LogP contribution is 2.32. The van der Waals surface area contributed by atoms with Crippen molar-refractivity contribution in [1.29, 1.82) is 0 Å². The highest BCUT2D eigenvalue weighted by molar-refractivity contribution is 5.69. The molecule has 1 aromatic carbocycles. The van der Waals surface area contributed by atoms with Gasteiger partial charge in [-0.05, 0) is 44.0 Å². The minimum absolute atomic E-state index is 0.0376. The molecular weight excluding hydrogens is 272 g/mol. The van der Waals surface area contributed by atoms with Gasteiger partial charge in [0, 0.05) is 5.69 Å². The number of ether oxygens (including phenoxy) is 1. The molecule has 0 aliphatic rings. The Morgan fingerprint density at radius 3 is 2.48 bits per heavy atom. The summed E-state index contributed by atoms with van der Waals surface area (Å²) in [5, 5.41) is 14.2. The van der Waals surface area contributed by atoms with Crippen molar-refractivity contribution in [3.05, 3.63) is 45.8 Å². The third-order valence-electron chi connectivity index (χ3n) is 2.74. The van der Waals surface area contributed by atoms with Crippen molar-refractivity contribution < 1.29 is 9.66 Å². The van der Waals surface area contributed by atoms with Crippen LogP contribution in [0.5, 0.6) is 5.88 Å². The van der Waals surface area contributed by atoms with Crippen LogP contribution in [-0.4, -0.2) is 21.5 Å². The van der Waals surface area contributed by atoms with Gasteiger partial charge in [0.2, 0.25) is 5.82 Å². The van der Waals surface area contributed by atoms with Gasteiger partial charge in [0.05, 0.1) is 11.5 Å². The molecule has 0 aliphatic heterocycles. The minimum atomic E-state index is -0.546. The van der Waals surface area contributed by atoms with E-state index >= 15 is 0 Å². The maximum atomic E-state index is 11.2. The SMILES string of the molecule is CCOc1ncnc(Nc2cc(C)cc(C)c2)c1[N+](=O)[O-]. The van der Waals surface area contributed by atoms with Crippen LogP contribution in [0, 0.1) is 24.0 Å². The molecule has 21 heavy (non-hydrogen) atoms. The third kappa shape index (κ3) is 3.44. The summed E-state index contributed by atoms with van der Waals surface area (Å²) in [4.78, 5) is 18.5. The van der Waals surface area contributed by atoms with E-state index in [-0.39, 0.29) is 17.4 Å². The molecule has 0 atom stereocenters. The fourth-order valence-corrected chi connectivity index (χ4v) is 2.04. The van der Waals surface area contributed by atoms with Crippen molar-refractivity contribution in [1.82, 2.24) is 9.97 Å². The molecule has 0 saturated heterocycles. The summed E-state index contributed by atoms with van der Waals surface area (Å²) >= 11 is 0. The van der Waals surface area contributed by atoms with Gasteiger partial charge in [-0.25, -0.2) is 4.98 Å². The summed E-state index contributed by atoms with van der Waals surface area (Å²) in [6.45, 7) is 5.94. The van der Waals surface area contributed by atoms with Crippen LogP contribution in [-0.2, 0) is 0 Å². The van der Waals surface area contributed by atoms with Crippen LogP contribution >= 0.6 is 0 Å². The molecule has 0 saturated carbocycles. The van der Waals surface area contributed by atoms with E-state index in [9.17, 15) is 10.1 Å². The molecule has 1 heterocycles. The second kappa shape index (κ2) is 6.17. The lowest BCUT2D eigenvalue weighted by atomic mass is 10.1. The van der Waals surface area contributed by atoms with Gasteiger partial charge in [-0.2, -0.15) is 4.98 Å². The highest BCUT2D eigenvalue weighted by atomic mass is 16.6. The number of nitro groups is 1. The number of nitrogens with one attached hydrogen (secondary N) is 1. The molecule has 1 aromatic heterocycles. The maximum absolute atomic E-state index is 11.2. The largest absolute Gasteiger partial charge is 0.473 e. The molecule has 2 aromatic rings. The third-order valence-corrected chi connectivity index (χ3v) is 2.74. The summed E-state index contributed by atoms with van der Waals surface area (Å²) in [7, 11) is 0. The number of anilines is 2. The Bertz CT molecular complexity index is 653. The zero-order valence-electron chi connectivity index (χ0n) is 12.1. The van der Waals surface area contributed by atoms with Gasteiger partial charge in [-0.3, -0.25) is 10.1 Å². The van der Waals surface area contributed by atoms with E-state index in [4.69, 9.17) is 4.74 Å². The van der Waals surface area contributed by atoms with Crippen molar-refractivity contribution in [2.45, 2.75) is 20.8 Å². The van der Waals surface area contributed by atoms with Crippen LogP contribution in [0.15, 0.2) is 24.5 Å². The van der Waals surface area contributed by atoms with E-state index in [1.54, 1.807) is 6.92 Å². The summed E-state index contributed by atoms with van der Waals surface area (Å²) in [6, 6.07) is 5.80. The molecule has 0 amide bonds. The zero-order chi connectivity index (χ0) is 15.4. The van der Waals surface area contributed by atoms with Crippen LogP contribution in [0.2, 0.25) is 0 Å². The number of benzene rings is 1. The first kappa shape index (κ1) is 14.7. The smallest absolute Gasteiger partial charge is 0.373 e. The Kier molecular flexibility index (Phi) is 4.32. The second-order valence-electron chi connectivity index (χ2n) is 4.57. The lowest BCUT2D eigenvalue weighted by Crippen LogP contribution is -2.05. The van der Waals surface area contributed by atoms with Gasteiger partial charge < -0.3 is 10.1 Å². The number of aromatic nitrogens is 2. The Labute approximate surface area is 122 Å². The van der Waals surface area contributed by atoms with E-state index in [1.165, 1.54) is 6.33 Å². The lowest BCUT2D eigenvalue weighted by molar-refractivity contribution is -0.385. The molecule has 0 radical (unpaired) electrons. The number of hydrogen-bond donors (Lipinski definition) is 1. The molecule has 0 bridgehead atoms. The van der Waals surface area contributed by atoms with Crippen molar-refractivity contribution in [3.63, 3.8) is 0 Å². The van der Waals surface area contributed by atoms with Crippen LogP contribution < -0.4 is 10.1 Å². The fourth-order valence-electron chi connectivity index (χ4n) is 2.04. The van der Waals surface area contributed by atoms with Crippen molar-refractivity contribution in [2.24, 2.45) is 0 Å². The van der Waals surface area contributed by atoms with Gasteiger partial charge in [0.25, 0.3) is 5.88 Å². The van der Waals surface area contributed by atoms with Gasteiger partial charge in [0.15, 0.2) is 0 Å². The number of aryl methyl sites for hydroxylation is 2. The average Bonchev–Trinajstić information content (AvgIpc) is 2.37. The zero-order valence-corrected chi connectivity index (χ0v) is 12.1. The first-order chi connectivity index (χ1) is 10.0. The molecule has 7 nitrogen and oxygen atoms in total. The predicted octanol–water partition coefficient (Wildman–Crippen LogP) is 3.14. The second-order valence-corrected chi connectivity index (χ2v) is 4.57. The molecule has 0 fully saturated rings.